The van der Waals surface area contributed by atoms with E-state index in [2.05, 4.69) is 17.9 Å². The van der Waals surface area contributed by atoms with Crippen LogP contribution in [0.3, 0.4) is 0 Å². The highest BCUT2D eigenvalue weighted by atomic mass is 35.5. The molecule has 0 aliphatic rings. The summed E-state index contributed by atoms with van der Waals surface area (Å²) in [6.07, 6.45) is 0. The maximum Gasteiger partial charge on any atom is 0.0426 e. The van der Waals surface area contributed by atoms with Gasteiger partial charge in [0, 0.05) is 24.3 Å². The molecule has 0 unspecified atom stereocenters. The average Bonchev–Trinajstić information content (AvgIpc) is 2.03. The Morgan fingerprint density at radius 3 is 2.73 bits per heavy atom. The van der Waals surface area contributed by atoms with Crippen molar-refractivity contribution in [3.63, 3.8) is 0 Å². The standard InChI is InChI=1S/C9H12ClN/c1-3-11(2)9-6-4-5-8(10)7-9/h4-7H,3H2,1-2H3. The highest BCUT2D eigenvalue weighted by molar-refractivity contribution is 6.30. The summed E-state index contributed by atoms with van der Waals surface area (Å²) in [5.41, 5.74) is 1.17. The first-order valence-electron chi connectivity index (χ1n) is 3.70. The van der Waals surface area contributed by atoms with Crippen LogP contribution in [-0.2, 0) is 0 Å². The van der Waals surface area contributed by atoms with Gasteiger partial charge in [0.05, 0.1) is 0 Å². The van der Waals surface area contributed by atoms with Gasteiger partial charge in [0.15, 0.2) is 0 Å². The summed E-state index contributed by atoms with van der Waals surface area (Å²) >= 11 is 5.82. The van der Waals surface area contributed by atoms with Gasteiger partial charge in [0.25, 0.3) is 0 Å². The van der Waals surface area contributed by atoms with Gasteiger partial charge in [-0.3, -0.25) is 0 Å². The van der Waals surface area contributed by atoms with Gasteiger partial charge < -0.3 is 4.90 Å². The van der Waals surface area contributed by atoms with Crippen LogP contribution in [0.5, 0.6) is 0 Å². The van der Waals surface area contributed by atoms with Crippen LogP contribution in [0, 0.1) is 0 Å². The Morgan fingerprint density at radius 2 is 2.18 bits per heavy atom. The third kappa shape index (κ3) is 2.12. The number of halogens is 1. The summed E-state index contributed by atoms with van der Waals surface area (Å²) < 4.78 is 0. The molecule has 0 amide bonds. The van der Waals surface area contributed by atoms with Gasteiger partial charge in [-0.25, -0.2) is 0 Å². The summed E-state index contributed by atoms with van der Waals surface area (Å²) in [4.78, 5) is 2.14. The molecular formula is C9H12ClN. The fourth-order valence-electron chi connectivity index (χ4n) is 0.896. The van der Waals surface area contributed by atoms with E-state index >= 15 is 0 Å². The molecule has 1 rings (SSSR count). The second-order valence-electron chi connectivity index (χ2n) is 2.49. The smallest absolute Gasteiger partial charge is 0.0426 e. The average molecular weight is 170 g/mol. The topological polar surface area (TPSA) is 3.24 Å². The van der Waals surface area contributed by atoms with E-state index in [0.717, 1.165) is 11.6 Å². The summed E-state index contributed by atoms with van der Waals surface area (Å²) in [6, 6.07) is 7.86. The van der Waals surface area contributed by atoms with E-state index in [1.807, 2.05) is 25.2 Å². The molecule has 0 radical (unpaired) electrons. The summed E-state index contributed by atoms with van der Waals surface area (Å²) in [5, 5.41) is 0.794. The summed E-state index contributed by atoms with van der Waals surface area (Å²) in [7, 11) is 2.05. The van der Waals surface area contributed by atoms with Gasteiger partial charge in [-0.05, 0) is 25.1 Å². The maximum atomic E-state index is 5.82. The van der Waals surface area contributed by atoms with Crippen molar-refractivity contribution in [1.82, 2.24) is 0 Å². The van der Waals surface area contributed by atoms with E-state index < -0.39 is 0 Å². The SMILES string of the molecule is CCN(C)c1cccc(Cl)c1. The molecule has 1 aromatic carbocycles. The summed E-state index contributed by atoms with van der Waals surface area (Å²) in [5.74, 6) is 0. The lowest BCUT2D eigenvalue weighted by Crippen LogP contribution is -2.15. The molecule has 0 saturated carbocycles. The van der Waals surface area contributed by atoms with Gasteiger partial charge >= 0.3 is 0 Å². The first kappa shape index (κ1) is 8.41. The highest BCUT2D eigenvalue weighted by Gasteiger charge is 1.96. The van der Waals surface area contributed by atoms with Crippen molar-refractivity contribution >= 4 is 17.3 Å². The van der Waals surface area contributed by atoms with E-state index in [1.165, 1.54) is 5.69 Å². The van der Waals surface area contributed by atoms with Crippen molar-refractivity contribution in [2.45, 2.75) is 6.92 Å². The molecule has 60 valence electrons. The molecule has 1 nitrogen and oxygen atoms in total. The highest BCUT2D eigenvalue weighted by Crippen LogP contribution is 2.17. The van der Waals surface area contributed by atoms with E-state index in [1.54, 1.807) is 0 Å². The van der Waals surface area contributed by atoms with E-state index in [4.69, 9.17) is 11.6 Å². The molecule has 2 heteroatoms. The molecule has 0 spiro atoms. The Hall–Kier alpha value is -0.690. The molecule has 1 aromatic rings. The normalized spacial score (nSPS) is 9.73. The fourth-order valence-corrected chi connectivity index (χ4v) is 1.08. The van der Waals surface area contributed by atoms with Crippen molar-refractivity contribution in [3.05, 3.63) is 29.3 Å². The van der Waals surface area contributed by atoms with E-state index in [0.29, 0.717) is 0 Å². The lowest BCUT2D eigenvalue weighted by atomic mass is 10.3. The third-order valence-corrected chi connectivity index (χ3v) is 1.96. The van der Waals surface area contributed by atoms with Gasteiger partial charge in [0.2, 0.25) is 0 Å². The van der Waals surface area contributed by atoms with Crippen LogP contribution in [0.2, 0.25) is 5.02 Å². The summed E-state index contributed by atoms with van der Waals surface area (Å²) in [6.45, 7) is 3.11. The van der Waals surface area contributed by atoms with Crippen LogP contribution < -0.4 is 4.90 Å². The lowest BCUT2D eigenvalue weighted by Gasteiger charge is -2.16. The molecule has 0 aliphatic carbocycles. The molecule has 0 fully saturated rings. The first-order chi connectivity index (χ1) is 5.24. The minimum atomic E-state index is 0.794. The maximum absolute atomic E-state index is 5.82. The Bertz CT molecular complexity index is 235. The molecule has 0 aliphatic heterocycles. The number of rotatable bonds is 2. The van der Waals surface area contributed by atoms with Crippen LogP contribution in [0.25, 0.3) is 0 Å². The van der Waals surface area contributed by atoms with E-state index in [-0.39, 0.29) is 0 Å². The van der Waals surface area contributed by atoms with Crippen molar-refractivity contribution < 1.29 is 0 Å². The van der Waals surface area contributed by atoms with Crippen LogP contribution in [-0.4, -0.2) is 13.6 Å². The van der Waals surface area contributed by atoms with Gasteiger partial charge in [0.1, 0.15) is 0 Å². The quantitative estimate of drug-likeness (QED) is 0.658. The van der Waals surface area contributed by atoms with Gasteiger partial charge in [-0.15, -0.1) is 0 Å². The predicted octanol–water partition coefficient (Wildman–Crippen LogP) is 2.80. The predicted molar refractivity (Wildman–Crippen MR) is 50.4 cm³/mol. The zero-order chi connectivity index (χ0) is 8.27. The molecule has 0 N–H and O–H groups in total. The number of hydrogen-bond acceptors (Lipinski definition) is 1. The number of anilines is 1. The number of nitrogens with zero attached hydrogens (tertiary/aromatic N) is 1. The van der Waals surface area contributed by atoms with Crippen molar-refractivity contribution in [3.8, 4) is 0 Å². The Kier molecular flexibility index (Phi) is 2.77. The Labute approximate surface area is 72.6 Å². The van der Waals surface area contributed by atoms with Crippen molar-refractivity contribution in [2.75, 3.05) is 18.5 Å². The Balaban J connectivity index is 2.86. The first-order valence-corrected chi connectivity index (χ1v) is 4.08. The second kappa shape index (κ2) is 3.63. The molecule has 0 aromatic heterocycles. The lowest BCUT2D eigenvalue weighted by molar-refractivity contribution is 0.968. The minimum Gasteiger partial charge on any atom is -0.375 e. The molecule has 0 atom stereocenters. The van der Waals surface area contributed by atoms with Gasteiger partial charge in [-0.1, -0.05) is 17.7 Å². The fraction of sp³-hybridized carbons (Fsp3) is 0.333. The molecule has 0 bridgehead atoms. The van der Waals surface area contributed by atoms with Crippen LogP contribution in [0.1, 0.15) is 6.92 Å². The zero-order valence-corrected chi connectivity index (χ0v) is 7.60. The number of benzene rings is 1. The second-order valence-corrected chi connectivity index (χ2v) is 2.93. The van der Waals surface area contributed by atoms with E-state index in [9.17, 15) is 0 Å². The largest absolute Gasteiger partial charge is 0.375 e. The van der Waals surface area contributed by atoms with Gasteiger partial charge in [-0.2, -0.15) is 0 Å². The molecule has 0 saturated heterocycles. The molecule has 0 heterocycles. The third-order valence-electron chi connectivity index (χ3n) is 1.72. The molecule has 11 heavy (non-hydrogen) atoms. The minimum absolute atomic E-state index is 0.794. The van der Waals surface area contributed by atoms with Crippen molar-refractivity contribution in [2.24, 2.45) is 0 Å². The van der Waals surface area contributed by atoms with Crippen LogP contribution in [0.4, 0.5) is 5.69 Å². The van der Waals surface area contributed by atoms with Crippen LogP contribution in [0.15, 0.2) is 24.3 Å². The molecular weight excluding hydrogens is 158 g/mol. The zero-order valence-electron chi connectivity index (χ0n) is 6.84. The monoisotopic (exact) mass is 169 g/mol. The Morgan fingerprint density at radius 1 is 1.45 bits per heavy atom. The van der Waals surface area contributed by atoms with Crippen LogP contribution >= 0.6 is 11.6 Å². The number of hydrogen-bond donors (Lipinski definition) is 0. The van der Waals surface area contributed by atoms with Crippen molar-refractivity contribution in [1.29, 1.82) is 0 Å².